The summed E-state index contributed by atoms with van der Waals surface area (Å²) in [4.78, 5) is 4.86. The second-order valence-electron chi connectivity index (χ2n) is 9.18. The summed E-state index contributed by atoms with van der Waals surface area (Å²) in [5.41, 5.74) is 8.07. The molecule has 1 aromatic heterocycles. The minimum atomic E-state index is -0.302. The van der Waals surface area contributed by atoms with E-state index in [1.54, 1.807) is 12.3 Å². The standard InChI is InChI=1S/C18H26N4.C7H4FNO/c1-13-8-9-16-15(10-13)11-21(2)12-17-19-20-18(22(16)17)14-6-4-3-5-7-14;8-6-2-1-5-4-9-10-7(5)3-6/h8-10,14,18,20H,3-7,11-12H2,1-2H3;1-4H. The number of aromatic nitrogens is 1. The van der Waals surface area contributed by atoms with Crippen LogP contribution in [0.2, 0.25) is 0 Å². The molecule has 1 N–H and O–H groups in total. The first-order valence-electron chi connectivity index (χ1n) is 11.5. The van der Waals surface area contributed by atoms with Gasteiger partial charge in [-0.2, -0.15) is 5.10 Å². The van der Waals surface area contributed by atoms with Gasteiger partial charge in [-0.25, -0.2) is 4.39 Å². The van der Waals surface area contributed by atoms with Crippen molar-refractivity contribution in [2.75, 3.05) is 18.5 Å². The largest absolute Gasteiger partial charge is 0.356 e. The number of likely N-dealkylation sites (N-methyl/N-ethyl adjacent to an activating group) is 1. The van der Waals surface area contributed by atoms with Crippen LogP contribution in [0.15, 0.2) is 52.2 Å². The number of fused-ring (bicyclic) bond motifs is 4. The van der Waals surface area contributed by atoms with Crippen LogP contribution in [0, 0.1) is 18.7 Å². The number of hydrogen-bond acceptors (Lipinski definition) is 6. The van der Waals surface area contributed by atoms with Crippen molar-refractivity contribution in [2.45, 2.75) is 51.7 Å². The van der Waals surface area contributed by atoms with E-state index < -0.39 is 0 Å². The molecule has 0 bridgehead atoms. The Bertz CT molecular complexity index is 1120. The predicted molar refractivity (Wildman–Crippen MR) is 125 cm³/mol. The van der Waals surface area contributed by atoms with Crippen LogP contribution in [0.25, 0.3) is 11.0 Å². The summed E-state index contributed by atoms with van der Waals surface area (Å²) >= 11 is 0. The molecule has 1 unspecified atom stereocenters. The van der Waals surface area contributed by atoms with Gasteiger partial charge in [0.2, 0.25) is 0 Å². The first-order chi connectivity index (χ1) is 15.6. The SMILES string of the molecule is Cc1ccc2c(c1)CN(C)CC1=NNC(C3CCCCC3)N12.Fc1ccc2cnoc2c1. The Morgan fingerprint density at radius 3 is 2.75 bits per heavy atom. The fourth-order valence-corrected chi connectivity index (χ4v) is 5.08. The molecule has 0 saturated heterocycles. The number of aryl methyl sites for hydroxylation is 1. The Hall–Kier alpha value is -2.93. The van der Waals surface area contributed by atoms with Crippen molar-refractivity contribution >= 4 is 22.5 Å². The highest BCUT2D eigenvalue weighted by molar-refractivity contribution is 6.02. The van der Waals surface area contributed by atoms with Crippen LogP contribution in [0.1, 0.15) is 43.2 Å². The Kier molecular flexibility index (Phi) is 5.83. The van der Waals surface area contributed by atoms with E-state index in [1.807, 2.05) is 0 Å². The van der Waals surface area contributed by atoms with Crippen molar-refractivity contribution < 1.29 is 8.91 Å². The van der Waals surface area contributed by atoms with Crippen molar-refractivity contribution in [3.8, 4) is 0 Å². The van der Waals surface area contributed by atoms with Gasteiger partial charge in [0, 0.05) is 23.7 Å². The summed E-state index contributed by atoms with van der Waals surface area (Å²) in [5, 5.41) is 9.02. The van der Waals surface area contributed by atoms with Gasteiger partial charge in [0.15, 0.2) is 5.58 Å². The maximum atomic E-state index is 12.4. The van der Waals surface area contributed by atoms with E-state index >= 15 is 0 Å². The van der Waals surface area contributed by atoms with E-state index in [-0.39, 0.29) is 5.82 Å². The second-order valence-corrected chi connectivity index (χ2v) is 9.18. The zero-order valence-corrected chi connectivity index (χ0v) is 18.7. The molecule has 6 rings (SSSR count). The predicted octanol–water partition coefficient (Wildman–Crippen LogP) is 5.04. The smallest absolute Gasteiger partial charge is 0.169 e. The van der Waals surface area contributed by atoms with Crippen molar-refractivity contribution in [1.29, 1.82) is 0 Å². The molecule has 7 heteroatoms. The number of anilines is 1. The second kappa shape index (κ2) is 8.90. The lowest BCUT2D eigenvalue weighted by Gasteiger charge is -2.35. The number of halogens is 1. The van der Waals surface area contributed by atoms with E-state index in [0.29, 0.717) is 17.7 Å². The molecule has 0 amide bonds. The number of nitrogens with one attached hydrogen (secondary N) is 1. The van der Waals surface area contributed by atoms with Crippen molar-refractivity contribution in [3.63, 3.8) is 0 Å². The van der Waals surface area contributed by atoms with Gasteiger partial charge in [-0.05, 0) is 56.5 Å². The van der Waals surface area contributed by atoms with E-state index in [0.717, 1.165) is 18.5 Å². The normalized spacial score (nSPS) is 21.2. The Labute approximate surface area is 188 Å². The monoisotopic (exact) mass is 435 g/mol. The molecule has 6 nitrogen and oxygen atoms in total. The molecule has 1 aliphatic carbocycles. The summed E-state index contributed by atoms with van der Waals surface area (Å²) in [6.45, 7) is 4.11. The van der Waals surface area contributed by atoms with Gasteiger partial charge in [-0.3, -0.25) is 10.3 Å². The fraction of sp³-hybridized carbons (Fsp3) is 0.440. The molecule has 168 valence electrons. The maximum Gasteiger partial charge on any atom is 0.169 e. The van der Waals surface area contributed by atoms with Gasteiger partial charge < -0.3 is 9.42 Å². The van der Waals surface area contributed by atoms with Crippen molar-refractivity contribution in [2.24, 2.45) is 11.0 Å². The highest BCUT2D eigenvalue weighted by Crippen LogP contribution is 2.36. The van der Waals surface area contributed by atoms with Crippen LogP contribution >= 0.6 is 0 Å². The molecule has 0 spiro atoms. The van der Waals surface area contributed by atoms with Gasteiger partial charge in [0.05, 0.1) is 12.7 Å². The van der Waals surface area contributed by atoms with E-state index in [9.17, 15) is 4.39 Å². The zero-order chi connectivity index (χ0) is 22.1. The first kappa shape index (κ1) is 20.9. The molecule has 2 aliphatic heterocycles. The summed E-state index contributed by atoms with van der Waals surface area (Å²) < 4.78 is 17.1. The number of hydrazone groups is 1. The van der Waals surface area contributed by atoms with E-state index in [4.69, 9.17) is 9.62 Å². The highest BCUT2D eigenvalue weighted by Gasteiger charge is 2.38. The summed E-state index contributed by atoms with van der Waals surface area (Å²) in [7, 11) is 2.19. The molecular formula is C25H30FN5O. The topological polar surface area (TPSA) is 56.9 Å². The van der Waals surface area contributed by atoms with Crippen LogP contribution in [0.5, 0.6) is 0 Å². The minimum absolute atomic E-state index is 0.302. The van der Waals surface area contributed by atoms with Gasteiger partial charge in [0.1, 0.15) is 17.8 Å². The molecule has 1 fully saturated rings. The molecule has 0 radical (unpaired) electrons. The number of rotatable bonds is 1. The third kappa shape index (κ3) is 4.21. The molecule has 3 aliphatic rings. The van der Waals surface area contributed by atoms with Crippen LogP contribution in [0.3, 0.4) is 0 Å². The number of amidine groups is 1. The fourth-order valence-electron chi connectivity index (χ4n) is 5.08. The summed E-state index contributed by atoms with van der Waals surface area (Å²) in [6, 6.07) is 11.2. The molecule has 1 saturated carbocycles. The summed E-state index contributed by atoms with van der Waals surface area (Å²) in [5.74, 6) is 1.59. The molecule has 32 heavy (non-hydrogen) atoms. The van der Waals surface area contributed by atoms with Crippen LogP contribution in [-0.4, -0.2) is 35.7 Å². The lowest BCUT2D eigenvalue weighted by Crippen LogP contribution is -2.47. The van der Waals surface area contributed by atoms with Gasteiger partial charge in [-0.1, -0.05) is 42.1 Å². The third-order valence-electron chi connectivity index (χ3n) is 6.64. The number of hydrogen-bond donors (Lipinski definition) is 1. The molecule has 1 atom stereocenters. The third-order valence-corrected chi connectivity index (χ3v) is 6.64. The van der Waals surface area contributed by atoms with Gasteiger partial charge in [0.25, 0.3) is 0 Å². The average molecular weight is 436 g/mol. The number of nitrogens with zero attached hydrogens (tertiary/aromatic N) is 4. The van der Waals surface area contributed by atoms with Gasteiger partial charge >= 0.3 is 0 Å². The Morgan fingerprint density at radius 1 is 1.06 bits per heavy atom. The molecular weight excluding hydrogens is 405 g/mol. The maximum absolute atomic E-state index is 12.4. The minimum Gasteiger partial charge on any atom is -0.356 e. The summed E-state index contributed by atoms with van der Waals surface area (Å²) in [6.07, 6.45) is 8.69. The van der Waals surface area contributed by atoms with Crippen molar-refractivity contribution in [1.82, 2.24) is 15.5 Å². The average Bonchev–Trinajstić information content (AvgIpc) is 3.39. The number of benzene rings is 2. The Balaban J connectivity index is 0.000000180. The lowest BCUT2D eigenvalue weighted by atomic mass is 9.86. The lowest BCUT2D eigenvalue weighted by molar-refractivity contribution is 0.285. The van der Waals surface area contributed by atoms with E-state index in [1.165, 1.54) is 66.9 Å². The van der Waals surface area contributed by atoms with Crippen LogP contribution < -0.4 is 10.3 Å². The Morgan fingerprint density at radius 2 is 1.91 bits per heavy atom. The van der Waals surface area contributed by atoms with Crippen molar-refractivity contribution in [3.05, 3.63) is 59.5 Å². The van der Waals surface area contributed by atoms with Crippen LogP contribution in [-0.2, 0) is 6.54 Å². The quantitative estimate of drug-likeness (QED) is 0.581. The molecule has 3 heterocycles. The molecule has 2 aromatic carbocycles. The van der Waals surface area contributed by atoms with Gasteiger partial charge in [-0.15, -0.1) is 0 Å². The zero-order valence-electron chi connectivity index (χ0n) is 18.7. The highest BCUT2D eigenvalue weighted by atomic mass is 19.1. The van der Waals surface area contributed by atoms with Crippen LogP contribution in [0.4, 0.5) is 10.1 Å². The van der Waals surface area contributed by atoms with E-state index in [2.05, 4.69) is 52.6 Å². The molecule has 3 aromatic rings. The first-order valence-corrected chi connectivity index (χ1v) is 11.5.